The van der Waals surface area contributed by atoms with Crippen molar-refractivity contribution in [2.75, 3.05) is 0 Å². The van der Waals surface area contributed by atoms with E-state index in [0.29, 0.717) is 11.9 Å². The van der Waals surface area contributed by atoms with E-state index in [1.54, 1.807) is 22.9 Å². The quantitative estimate of drug-likeness (QED) is 0.696. The van der Waals surface area contributed by atoms with Gasteiger partial charge in [0.2, 0.25) is 0 Å². The number of aromatic nitrogens is 1. The number of rotatable bonds is 2. The zero-order valence-corrected chi connectivity index (χ0v) is 12.1. The number of halogens is 2. The Morgan fingerprint density at radius 1 is 1.05 bits per heavy atom. The van der Waals surface area contributed by atoms with Gasteiger partial charge in [-0.15, -0.1) is 0 Å². The molecule has 0 fully saturated rings. The Bertz CT molecular complexity index is 824. The summed E-state index contributed by atoms with van der Waals surface area (Å²) in [5, 5.41) is 1.58. The molecule has 1 aromatic heterocycles. The van der Waals surface area contributed by atoms with Gasteiger partial charge in [-0.1, -0.05) is 34.1 Å². The lowest BCUT2D eigenvalue weighted by Gasteiger charge is -2.07. The summed E-state index contributed by atoms with van der Waals surface area (Å²) in [6.45, 7) is 0.432. The molecule has 3 aromatic rings. The van der Waals surface area contributed by atoms with Crippen LogP contribution < -0.4 is 5.56 Å². The van der Waals surface area contributed by atoms with E-state index in [-0.39, 0.29) is 11.4 Å². The fourth-order valence-corrected chi connectivity index (χ4v) is 2.52. The highest BCUT2D eigenvalue weighted by Crippen LogP contribution is 2.16. The summed E-state index contributed by atoms with van der Waals surface area (Å²) >= 11 is 3.38. The van der Waals surface area contributed by atoms with Crippen LogP contribution in [0.15, 0.2) is 64.0 Å². The van der Waals surface area contributed by atoms with Gasteiger partial charge in [-0.25, -0.2) is 4.39 Å². The predicted molar refractivity (Wildman–Crippen MR) is 81.4 cm³/mol. The van der Waals surface area contributed by atoms with Crippen molar-refractivity contribution in [3.8, 4) is 0 Å². The third-order valence-electron chi connectivity index (χ3n) is 3.21. The summed E-state index contributed by atoms with van der Waals surface area (Å²) in [5.41, 5.74) is 0.843. The van der Waals surface area contributed by atoms with Crippen LogP contribution in [0.2, 0.25) is 0 Å². The van der Waals surface area contributed by atoms with Crippen molar-refractivity contribution in [3.05, 3.63) is 80.9 Å². The molecule has 0 N–H and O–H groups in total. The molecule has 0 aliphatic carbocycles. The molecular weight excluding hydrogens is 321 g/mol. The first-order valence-electron chi connectivity index (χ1n) is 6.17. The SMILES string of the molecule is O=c1c2cc(Br)ccc2ccn1Cc1ccc(F)cc1. The number of pyridine rings is 1. The number of benzene rings is 2. The van der Waals surface area contributed by atoms with E-state index in [1.165, 1.54) is 12.1 Å². The molecule has 4 heteroatoms. The Morgan fingerprint density at radius 3 is 2.55 bits per heavy atom. The summed E-state index contributed by atoms with van der Waals surface area (Å²) in [7, 11) is 0. The van der Waals surface area contributed by atoms with E-state index in [1.807, 2.05) is 24.3 Å². The average molecular weight is 332 g/mol. The van der Waals surface area contributed by atoms with Crippen molar-refractivity contribution < 1.29 is 4.39 Å². The molecule has 0 unspecified atom stereocenters. The zero-order valence-electron chi connectivity index (χ0n) is 10.5. The Balaban J connectivity index is 2.06. The van der Waals surface area contributed by atoms with Crippen LogP contribution >= 0.6 is 15.9 Å². The molecule has 2 nitrogen and oxygen atoms in total. The van der Waals surface area contributed by atoms with Crippen molar-refractivity contribution in [2.45, 2.75) is 6.54 Å². The van der Waals surface area contributed by atoms with E-state index in [2.05, 4.69) is 15.9 Å². The Hall–Kier alpha value is -1.94. The molecule has 0 aliphatic rings. The molecule has 20 heavy (non-hydrogen) atoms. The van der Waals surface area contributed by atoms with Crippen molar-refractivity contribution in [1.82, 2.24) is 4.57 Å². The molecule has 0 spiro atoms. The van der Waals surface area contributed by atoms with Crippen LogP contribution in [0.25, 0.3) is 10.8 Å². The van der Waals surface area contributed by atoms with Crippen LogP contribution in [-0.2, 0) is 6.54 Å². The summed E-state index contributed by atoms with van der Waals surface area (Å²) in [6, 6.07) is 13.7. The van der Waals surface area contributed by atoms with Crippen molar-refractivity contribution >= 4 is 26.7 Å². The van der Waals surface area contributed by atoms with Gasteiger partial charge >= 0.3 is 0 Å². The fourth-order valence-electron chi connectivity index (χ4n) is 2.16. The van der Waals surface area contributed by atoms with Crippen LogP contribution in [-0.4, -0.2) is 4.57 Å². The number of hydrogen-bond donors (Lipinski definition) is 0. The summed E-state index contributed by atoms with van der Waals surface area (Å²) < 4.78 is 15.4. The zero-order chi connectivity index (χ0) is 14.1. The molecule has 0 atom stereocenters. The van der Waals surface area contributed by atoms with Gasteiger partial charge in [0, 0.05) is 16.1 Å². The van der Waals surface area contributed by atoms with Crippen molar-refractivity contribution in [2.24, 2.45) is 0 Å². The fraction of sp³-hybridized carbons (Fsp3) is 0.0625. The molecule has 2 aromatic carbocycles. The lowest BCUT2D eigenvalue weighted by molar-refractivity contribution is 0.626. The molecule has 0 amide bonds. The minimum absolute atomic E-state index is 0.0480. The first-order chi connectivity index (χ1) is 9.63. The van der Waals surface area contributed by atoms with Gasteiger partial charge in [-0.2, -0.15) is 0 Å². The van der Waals surface area contributed by atoms with Crippen LogP contribution in [0.1, 0.15) is 5.56 Å². The second-order valence-corrected chi connectivity index (χ2v) is 5.52. The van der Waals surface area contributed by atoms with E-state index >= 15 is 0 Å². The number of fused-ring (bicyclic) bond motifs is 1. The van der Waals surface area contributed by atoms with Gasteiger partial charge in [-0.3, -0.25) is 4.79 Å². The molecule has 0 radical (unpaired) electrons. The topological polar surface area (TPSA) is 22.0 Å². The summed E-state index contributed by atoms with van der Waals surface area (Å²) in [4.78, 5) is 12.4. The maximum absolute atomic E-state index is 12.9. The second-order valence-electron chi connectivity index (χ2n) is 4.61. The van der Waals surface area contributed by atoms with Crippen molar-refractivity contribution in [3.63, 3.8) is 0 Å². The van der Waals surface area contributed by atoms with E-state index in [4.69, 9.17) is 0 Å². The van der Waals surface area contributed by atoms with Gasteiger partial charge in [0.05, 0.1) is 6.54 Å². The van der Waals surface area contributed by atoms with Gasteiger partial charge in [0.25, 0.3) is 5.56 Å². The Morgan fingerprint density at radius 2 is 1.80 bits per heavy atom. The summed E-state index contributed by atoms with van der Waals surface area (Å²) in [5.74, 6) is -0.275. The first-order valence-corrected chi connectivity index (χ1v) is 6.96. The van der Waals surface area contributed by atoms with Gasteiger partial charge in [0.1, 0.15) is 5.82 Å². The second kappa shape index (κ2) is 5.21. The molecule has 0 saturated carbocycles. The normalized spacial score (nSPS) is 10.9. The van der Waals surface area contributed by atoms with E-state index in [0.717, 1.165) is 15.4 Å². The highest BCUT2D eigenvalue weighted by molar-refractivity contribution is 9.10. The van der Waals surface area contributed by atoms with Crippen LogP contribution in [0.4, 0.5) is 4.39 Å². The highest BCUT2D eigenvalue weighted by Gasteiger charge is 2.04. The largest absolute Gasteiger partial charge is 0.311 e. The third kappa shape index (κ3) is 2.51. The monoisotopic (exact) mass is 331 g/mol. The minimum Gasteiger partial charge on any atom is -0.311 e. The van der Waals surface area contributed by atoms with Crippen molar-refractivity contribution in [1.29, 1.82) is 0 Å². The molecule has 100 valence electrons. The van der Waals surface area contributed by atoms with Gasteiger partial charge in [-0.05, 0) is 41.3 Å². The lowest BCUT2D eigenvalue weighted by Crippen LogP contribution is -2.20. The molecule has 1 heterocycles. The minimum atomic E-state index is -0.275. The van der Waals surface area contributed by atoms with E-state index in [9.17, 15) is 9.18 Å². The van der Waals surface area contributed by atoms with Crippen LogP contribution in [0.5, 0.6) is 0 Å². The molecule has 0 saturated heterocycles. The maximum atomic E-state index is 12.9. The molecule has 0 aliphatic heterocycles. The third-order valence-corrected chi connectivity index (χ3v) is 3.70. The molecule has 0 bridgehead atoms. The maximum Gasteiger partial charge on any atom is 0.258 e. The Labute approximate surface area is 123 Å². The van der Waals surface area contributed by atoms with E-state index < -0.39 is 0 Å². The van der Waals surface area contributed by atoms with Gasteiger partial charge in [0.15, 0.2) is 0 Å². The Kier molecular flexibility index (Phi) is 3.40. The standard InChI is InChI=1S/C16H11BrFNO/c17-13-4-3-12-7-8-19(16(20)15(12)9-13)10-11-1-5-14(18)6-2-11/h1-9H,10H2. The number of hydrogen-bond acceptors (Lipinski definition) is 1. The summed E-state index contributed by atoms with van der Waals surface area (Å²) in [6.07, 6.45) is 1.77. The molecule has 3 rings (SSSR count). The molecular formula is C16H11BrFNO. The van der Waals surface area contributed by atoms with Gasteiger partial charge < -0.3 is 4.57 Å². The number of nitrogens with zero attached hydrogens (tertiary/aromatic N) is 1. The predicted octanol–water partition coefficient (Wildman–Crippen LogP) is 3.95. The van der Waals surface area contributed by atoms with Crippen LogP contribution in [0, 0.1) is 5.82 Å². The average Bonchev–Trinajstić information content (AvgIpc) is 2.45. The lowest BCUT2D eigenvalue weighted by atomic mass is 10.1. The highest BCUT2D eigenvalue weighted by atomic mass is 79.9. The smallest absolute Gasteiger partial charge is 0.258 e. The van der Waals surface area contributed by atoms with Crippen LogP contribution in [0.3, 0.4) is 0 Å². The first kappa shape index (κ1) is 13.1.